The quantitative estimate of drug-likeness (QED) is 0.533. The van der Waals surface area contributed by atoms with E-state index in [1.807, 2.05) is 0 Å². The van der Waals surface area contributed by atoms with Gasteiger partial charge in [-0.2, -0.15) is 0 Å². The number of hydrogen-bond donors (Lipinski definition) is 0. The van der Waals surface area contributed by atoms with Gasteiger partial charge in [-0.15, -0.1) is 0 Å². The van der Waals surface area contributed by atoms with E-state index in [1.54, 1.807) is 42.3 Å². The minimum Gasteiger partial charge on any atom is -0.461 e. The van der Waals surface area contributed by atoms with Crippen molar-refractivity contribution in [2.24, 2.45) is 7.05 Å². The number of aromatic nitrogens is 2. The van der Waals surface area contributed by atoms with Gasteiger partial charge >= 0.3 is 5.88 Å². The van der Waals surface area contributed by atoms with Crippen LogP contribution in [0.4, 0.5) is 5.88 Å². The summed E-state index contributed by atoms with van der Waals surface area (Å²) in [5, 5.41) is 10.6. The molecule has 3 heterocycles. The van der Waals surface area contributed by atoms with Crippen LogP contribution in [0.5, 0.6) is 0 Å². The van der Waals surface area contributed by atoms with Gasteiger partial charge < -0.3 is 13.4 Å². The molecule has 3 rings (SSSR count). The van der Waals surface area contributed by atoms with Crippen molar-refractivity contribution in [3.63, 3.8) is 0 Å². The van der Waals surface area contributed by atoms with Crippen molar-refractivity contribution in [2.45, 2.75) is 0 Å². The van der Waals surface area contributed by atoms with Crippen LogP contribution in [0.3, 0.4) is 0 Å². The standard InChI is InChI=1S/C12H9N3O4/c1-14-8(9-4-5-11(19-9)15(16)17)7-13-12(14)10-3-2-6-18-10/h2-7H,1H3. The Morgan fingerprint density at radius 2 is 2.16 bits per heavy atom. The molecule has 0 bridgehead atoms. The van der Waals surface area contributed by atoms with Gasteiger partial charge in [0.1, 0.15) is 10.6 Å². The second kappa shape index (κ2) is 4.13. The fourth-order valence-corrected chi connectivity index (χ4v) is 1.84. The van der Waals surface area contributed by atoms with Crippen LogP contribution in [0.15, 0.2) is 45.6 Å². The zero-order chi connectivity index (χ0) is 13.4. The summed E-state index contributed by atoms with van der Waals surface area (Å²) >= 11 is 0. The van der Waals surface area contributed by atoms with Gasteiger partial charge in [0.05, 0.1) is 18.5 Å². The van der Waals surface area contributed by atoms with Crippen LogP contribution in [0.2, 0.25) is 0 Å². The second-order valence-electron chi connectivity index (χ2n) is 3.90. The maximum absolute atomic E-state index is 10.6. The van der Waals surface area contributed by atoms with E-state index in [9.17, 15) is 10.1 Å². The molecule has 0 aliphatic heterocycles. The summed E-state index contributed by atoms with van der Waals surface area (Å²) in [7, 11) is 1.79. The first kappa shape index (κ1) is 11.3. The Morgan fingerprint density at radius 3 is 2.79 bits per heavy atom. The zero-order valence-corrected chi connectivity index (χ0v) is 9.94. The lowest BCUT2D eigenvalue weighted by atomic mass is 10.3. The molecule has 19 heavy (non-hydrogen) atoms. The van der Waals surface area contributed by atoms with Gasteiger partial charge in [0.2, 0.25) is 0 Å². The molecule has 0 atom stereocenters. The fourth-order valence-electron chi connectivity index (χ4n) is 1.84. The fraction of sp³-hybridized carbons (Fsp3) is 0.0833. The second-order valence-corrected chi connectivity index (χ2v) is 3.90. The highest BCUT2D eigenvalue weighted by atomic mass is 16.6. The number of hydrogen-bond acceptors (Lipinski definition) is 5. The number of furan rings is 2. The average Bonchev–Trinajstić information content (AvgIpc) is 3.06. The first-order chi connectivity index (χ1) is 9.16. The van der Waals surface area contributed by atoms with Crippen LogP contribution in [0.1, 0.15) is 0 Å². The van der Waals surface area contributed by atoms with Gasteiger partial charge in [0.15, 0.2) is 17.3 Å². The molecule has 0 fully saturated rings. The Hall–Kier alpha value is -2.83. The third-order valence-corrected chi connectivity index (χ3v) is 2.75. The Bertz CT molecular complexity index is 724. The molecule has 0 spiro atoms. The molecule has 7 heteroatoms. The Kier molecular flexibility index (Phi) is 2.45. The molecule has 0 radical (unpaired) electrons. The SMILES string of the molecule is Cn1c(-c2ccc([N+](=O)[O-])o2)cnc1-c1ccco1. The van der Waals surface area contributed by atoms with Gasteiger partial charge in [0.25, 0.3) is 0 Å². The van der Waals surface area contributed by atoms with Gasteiger partial charge in [-0.25, -0.2) is 4.98 Å². The van der Waals surface area contributed by atoms with Crippen LogP contribution in [-0.2, 0) is 7.05 Å². The monoisotopic (exact) mass is 259 g/mol. The molecule has 0 saturated heterocycles. The van der Waals surface area contributed by atoms with Crippen LogP contribution in [0, 0.1) is 10.1 Å². The number of imidazole rings is 1. The van der Waals surface area contributed by atoms with E-state index in [2.05, 4.69) is 4.98 Å². The molecular formula is C12H9N3O4. The van der Waals surface area contributed by atoms with Crippen molar-refractivity contribution in [1.82, 2.24) is 9.55 Å². The normalized spacial score (nSPS) is 10.8. The third kappa shape index (κ3) is 1.81. The highest BCUT2D eigenvalue weighted by molar-refractivity contribution is 5.60. The lowest BCUT2D eigenvalue weighted by Crippen LogP contribution is -1.93. The molecule has 0 unspecified atom stereocenters. The van der Waals surface area contributed by atoms with Crippen molar-refractivity contribution in [3.05, 3.63) is 46.8 Å². The third-order valence-electron chi connectivity index (χ3n) is 2.75. The maximum atomic E-state index is 10.6. The van der Waals surface area contributed by atoms with E-state index >= 15 is 0 Å². The van der Waals surface area contributed by atoms with E-state index in [4.69, 9.17) is 8.83 Å². The van der Waals surface area contributed by atoms with Gasteiger partial charge in [0, 0.05) is 7.05 Å². The van der Waals surface area contributed by atoms with E-state index in [0.29, 0.717) is 23.0 Å². The van der Waals surface area contributed by atoms with Crippen LogP contribution in [0.25, 0.3) is 23.0 Å². The van der Waals surface area contributed by atoms with Crippen LogP contribution >= 0.6 is 0 Å². The number of nitro groups is 1. The lowest BCUT2D eigenvalue weighted by Gasteiger charge is -2.01. The van der Waals surface area contributed by atoms with Crippen molar-refractivity contribution < 1.29 is 13.8 Å². The Balaban J connectivity index is 2.04. The van der Waals surface area contributed by atoms with Crippen molar-refractivity contribution in [1.29, 1.82) is 0 Å². The predicted molar refractivity (Wildman–Crippen MR) is 65.3 cm³/mol. The summed E-state index contributed by atoms with van der Waals surface area (Å²) in [5.41, 5.74) is 0.638. The summed E-state index contributed by atoms with van der Waals surface area (Å²) in [6.45, 7) is 0. The van der Waals surface area contributed by atoms with Crippen molar-refractivity contribution >= 4 is 5.88 Å². The highest BCUT2D eigenvalue weighted by Gasteiger charge is 2.18. The largest absolute Gasteiger partial charge is 0.461 e. The molecule has 0 amide bonds. The van der Waals surface area contributed by atoms with Crippen LogP contribution in [-0.4, -0.2) is 14.5 Å². The summed E-state index contributed by atoms with van der Waals surface area (Å²) < 4.78 is 12.2. The van der Waals surface area contributed by atoms with Crippen LogP contribution < -0.4 is 0 Å². The summed E-state index contributed by atoms with van der Waals surface area (Å²) in [5.74, 6) is 1.34. The molecule has 7 nitrogen and oxygen atoms in total. The van der Waals surface area contributed by atoms with Crippen molar-refractivity contribution in [2.75, 3.05) is 0 Å². The lowest BCUT2D eigenvalue weighted by molar-refractivity contribution is -0.401. The summed E-state index contributed by atoms with van der Waals surface area (Å²) in [6.07, 6.45) is 3.14. The molecule has 96 valence electrons. The zero-order valence-electron chi connectivity index (χ0n) is 9.94. The highest BCUT2D eigenvalue weighted by Crippen LogP contribution is 2.29. The number of rotatable bonds is 3. The molecular weight excluding hydrogens is 250 g/mol. The minimum absolute atomic E-state index is 0.296. The van der Waals surface area contributed by atoms with E-state index in [1.165, 1.54) is 6.07 Å². The average molecular weight is 259 g/mol. The first-order valence-corrected chi connectivity index (χ1v) is 5.47. The predicted octanol–water partition coefficient (Wildman–Crippen LogP) is 2.85. The Labute approximate surface area is 107 Å². The topological polar surface area (TPSA) is 87.2 Å². The first-order valence-electron chi connectivity index (χ1n) is 5.47. The molecule has 0 aromatic carbocycles. The molecule has 0 aliphatic rings. The molecule has 3 aromatic heterocycles. The number of nitrogens with zero attached hydrogens (tertiary/aromatic N) is 3. The molecule has 0 N–H and O–H groups in total. The molecule has 0 saturated carbocycles. The van der Waals surface area contributed by atoms with Gasteiger partial charge in [-0.3, -0.25) is 10.1 Å². The minimum atomic E-state index is -0.576. The summed E-state index contributed by atoms with van der Waals surface area (Å²) in [4.78, 5) is 14.2. The van der Waals surface area contributed by atoms with Gasteiger partial charge in [-0.05, 0) is 18.2 Å². The maximum Gasteiger partial charge on any atom is 0.433 e. The smallest absolute Gasteiger partial charge is 0.433 e. The Morgan fingerprint density at radius 1 is 1.32 bits per heavy atom. The molecule has 3 aromatic rings. The van der Waals surface area contributed by atoms with E-state index in [-0.39, 0.29) is 5.88 Å². The van der Waals surface area contributed by atoms with Crippen molar-refractivity contribution in [3.8, 4) is 23.0 Å². The van der Waals surface area contributed by atoms with Gasteiger partial charge in [-0.1, -0.05) is 0 Å². The van der Waals surface area contributed by atoms with E-state index in [0.717, 1.165) is 0 Å². The molecule has 0 aliphatic carbocycles. The summed E-state index contributed by atoms with van der Waals surface area (Å²) in [6, 6.07) is 6.41. The van der Waals surface area contributed by atoms with E-state index < -0.39 is 4.92 Å².